The highest BCUT2D eigenvalue weighted by Gasteiger charge is 2.45. The predicted octanol–water partition coefficient (Wildman–Crippen LogP) is 5.11. The van der Waals surface area contributed by atoms with Crippen LogP contribution in [0.4, 0.5) is 8.78 Å². The Balaban J connectivity index is 1.54. The van der Waals surface area contributed by atoms with E-state index in [2.05, 4.69) is 23.0 Å². The summed E-state index contributed by atoms with van der Waals surface area (Å²) >= 11 is 0. The highest BCUT2D eigenvalue weighted by molar-refractivity contribution is 5.91. The fraction of sp³-hybridized carbons (Fsp3) is 0.360. The second kappa shape index (κ2) is 8.26. The molecule has 2 heterocycles. The van der Waals surface area contributed by atoms with Crippen molar-refractivity contribution in [2.24, 2.45) is 0 Å². The molecule has 2 aromatic carbocycles. The first kappa shape index (κ1) is 21.6. The van der Waals surface area contributed by atoms with Crippen LogP contribution >= 0.6 is 0 Å². The third-order valence-electron chi connectivity index (χ3n) is 6.07. The minimum atomic E-state index is -3.00. The average Bonchev–Trinajstić information content (AvgIpc) is 3.14. The van der Waals surface area contributed by atoms with E-state index in [9.17, 15) is 8.78 Å². The Morgan fingerprint density at radius 2 is 1.97 bits per heavy atom. The van der Waals surface area contributed by atoms with E-state index < -0.39 is 12.0 Å². The molecule has 0 amide bonds. The molecule has 5 rings (SSSR count). The number of fused-ring (bicyclic) bond motifs is 2. The van der Waals surface area contributed by atoms with Crippen LogP contribution in [0, 0.1) is 0 Å². The van der Waals surface area contributed by atoms with Crippen LogP contribution in [-0.4, -0.2) is 54.1 Å². The van der Waals surface area contributed by atoms with Gasteiger partial charge in [0.25, 0.3) is 5.92 Å². The van der Waals surface area contributed by atoms with Crippen LogP contribution in [0.25, 0.3) is 17.0 Å². The highest BCUT2D eigenvalue weighted by Crippen LogP contribution is 2.40. The second-order valence-electron chi connectivity index (χ2n) is 8.72. The standard InChI is InChI=1S/C25H25F2N3O3/c1-15-8-16-4-5-18(10-17(16)9-15)32-24-23-20(28-14-29-24)11-19(31-3)12-21(23)33-22-6-7-30(2)13-25(22,26)27/h4-5,9-12,14,22H,6-8,13H2,1-3H3/t22-/m0/s1. The maximum atomic E-state index is 14.7. The molecule has 0 saturated carbocycles. The molecule has 172 valence electrons. The van der Waals surface area contributed by atoms with Crippen molar-refractivity contribution in [3.8, 4) is 23.1 Å². The third kappa shape index (κ3) is 4.23. The van der Waals surface area contributed by atoms with Crippen LogP contribution in [0.2, 0.25) is 0 Å². The lowest BCUT2D eigenvalue weighted by Gasteiger charge is -2.36. The molecule has 0 unspecified atom stereocenters. The van der Waals surface area contributed by atoms with Crippen molar-refractivity contribution in [1.82, 2.24) is 14.9 Å². The number of likely N-dealkylation sites (tertiary alicyclic amines) is 1. The van der Waals surface area contributed by atoms with Crippen molar-refractivity contribution in [3.05, 3.63) is 53.4 Å². The van der Waals surface area contributed by atoms with Crippen LogP contribution in [0.1, 0.15) is 24.5 Å². The summed E-state index contributed by atoms with van der Waals surface area (Å²) < 4.78 is 46.9. The summed E-state index contributed by atoms with van der Waals surface area (Å²) in [5, 5.41) is 0.431. The van der Waals surface area contributed by atoms with E-state index in [0.717, 1.165) is 12.0 Å². The van der Waals surface area contributed by atoms with Crippen LogP contribution in [-0.2, 0) is 6.42 Å². The van der Waals surface area contributed by atoms with Gasteiger partial charge in [-0.25, -0.2) is 18.7 Å². The van der Waals surface area contributed by atoms with E-state index in [1.54, 1.807) is 24.1 Å². The van der Waals surface area contributed by atoms with Gasteiger partial charge in [-0.3, -0.25) is 0 Å². The zero-order valence-electron chi connectivity index (χ0n) is 18.8. The van der Waals surface area contributed by atoms with Gasteiger partial charge in [-0.05, 0) is 43.7 Å². The topological polar surface area (TPSA) is 56.7 Å². The molecule has 0 radical (unpaired) electrons. The van der Waals surface area contributed by atoms with Crippen molar-refractivity contribution in [1.29, 1.82) is 0 Å². The molecule has 2 aliphatic rings. The van der Waals surface area contributed by atoms with Crippen LogP contribution in [0.5, 0.6) is 23.1 Å². The summed E-state index contributed by atoms with van der Waals surface area (Å²) in [6.45, 7) is 2.25. The Bertz CT molecular complexity index is 1250. The summed E-state index contributed by atoms with van der Waals surface area (Å²) in [6.07, 6.45) is 3.35. The van der Waals surface area contributed by atoms with E-state index in [1.807, 2.05) is 18.2 Å². The number of alkyl halides is 2. The molecular formula is C25H25F2N3O3. The molecule has 1 aliphatic heterocycles. The number of halogens is 2. The molecule has 1 aliphatic carbocycles. The molecular weight excluding hydrogens is 428 g/mol. The molecule has 1 atom stereocenters. The molecule has 0 N–H and O–H groups in total. The zero-order chi connectivity index (χ0) is 23.2. The first-order valence-electron chi connectivity index (χ1n) is 10.9. The lowest BCUT2D eigenvalue weighted by atomic mass is 10.0. The van der Waals surface area contributed by atoms with E-state index in [0.29, 0.717) is 28.9 Å². The number of methoxy groups -OCH3 is 1. The SMILES string of the molecule is COc1cc(O[C@H]2CCN(C)CC2(F)F)c2c(Oc3ccc4c(c3)C=C(C)C4)ncnc2c1. The first-order chi connectivity index (χ1) is 15.8. The lowest BCUT2D eigenvalue weighted by Crippen LogP contribution is -2.52. The maximum Gasteiger partial charge on any atom is 0.296 e. The lowest BCUT2D eigenvalue weighted by molar-refractivity contribution is -0.134. The number of hydrogen-bond acceptors (Lipinski definition) is 6. The highest BCUT2D eigenvalue weighted by atomic mass is 19.3. The molecule has 1 fully saturated rings. The normalized spacial score (nSPS) is 19.8. The fourth-order valence-corrected chi connectivity index (χ4v) is 4.44. The minimum absolute atomic E-state index is 0.197. The van der Waals surface area contributed by atoms with Gasteiger partial charge in [0.15, 0.2) is 6.10 Å². The fourth-order valence-electron chi connectivity index (χ4n) is 4.44. The van der Waals surface area contributed by atoms with E-state index in [1.165, 1.54) is 24.6 Å². The quantitative estimate of drug-likeness (QED) is 0.535. The summed E-state index contributed by atoms with van der Waals surface area (Å²) in [6, 6.07) is 9.16. The Hall–Kier alpha value is -3.26. The Labute approximate surface area is 190 Å². The summed E-state index contributed by atoms with van der Waals surface area (Å²) in [7, 11) is 3.19. The van der Waals surface area contributed by atoms with Gasteiger partial charge in [0.05, 0.1) is 19.2 Å². The molecule has 6 nitrogen and oxygen atoms in total. The first-order valence-corrected chi connectivity index (χ1v) is 10.9. The number of benzene rings is 2. The maximum absolute atomic E-state index is 14.7. The molecule has 0 spiro atoms. The van der Waals surface area contributed by atoms with Gasteiger partial charge < -0.3 is 19.1 Å². The van der Waals surface area contributed by atoms with E-state index in [-0.39, 0.29) is 24.6 Å². The number of aromatic nitrogens is 2. The van der Waals surface area contributed by atoms with Gasteiger partial charge in [-0.2, -0.15) is 0 Å². The molecule has 0 bridgehead atoms. The minimum Gasteiger partial charge on any atom is -0.497 e. The number of rotatable bonds is 5. The van der Waals surface area contributed by atoms with Crippen LogP contribution in [0.3, 0.4) is 0 Å². The Kier molecular flexibility index (Phi) is 5.40. The molecule has 33 heavy (non-hydrogen) atoms. The van der Waals surface area contributed by atoms with Crippen molar-refractivity contribution >= 4 is 17.0 Å². The van der Waals surface area contributed by atoms with E-state index in [4.69, 9.17) is 14.2 Å². The third-order valence-corrected chi connectivity index (χ3v) is 6.07. The van der Waals surface area contributed by atoms with Gasteiger partial charge in [0.1, 0.15) is 29.0 Å². The van der Waals surface area contributed by atoms with Crippen LogP contribution in [0.15, 0.2) is 42.2 Å². The number of piperidine rings is 1. The number of nitrogens with zero attached hydrogens (tertiary/aromatic N) is 3. The zero-order valence-corrected chi connectivity index (χ0v) is 18.8. The summed E-state index contributed by atoms with van der Waals surface area (Å²) in [5.41, 5.74) is 4.12. The molecule has 1 saturated heterocycles. The van der Waals surface area contributed by atoms with Crippen molar-refractivity contribution in [2.45, 2.75) is 31.8 Å². The number of ether oxygens (including phenoxy) is 3. The second-order valence-corrected chi connectivity index (χ2v) is 8.72. The van der Waals surface area contributed by atoms with Gasteiger partial charge in [-0.1, -0.05) is 17.7 Å². The molecule has 3 aromatic rings. The number of hydrogen-bond donors (Lipinski definition) is 0. The van der Waals surface area contributed by atoms with Crippen molar-refractivity contribution in [2.75, 3.05) is 27.2 Å². The number of allylic oxidation sites excluding steroid dienone is 1. The van der Waals surface area contributed by atoms with Gasteiger partial charge in [0.2, 0.25) is 5.88 Å². The largest absolute Gasteiger partial charge is 0.497 e. The van der Waals surface area contributed by atoms with Crippen molar-refractivity contribution < 1.29 is 23.0 Å². The van der Waals surface area contributed by atoms with Crippen molar-refractivity contribution in [3.63, 3.8) is 0 Å². The van der Waals surface area contributed by atoms with Gasteiger partial charge in [0, 0.05) is 25.1 Å². The van der Waals surface area contributed by atoms with E-state index >= 15 is 0 Å². The monoisotopic (exact) mass is 453 g/mol. The average molecular weight is 453 g/mol. The molecule has 8 heteroatoms. The predicted molar refractivity (Wildman–Crippen MR) is 121 cm³/mol. The molecule has 1 aromatic heterocycles. The van der Waals surface area contributed by atoms with Gasteiger partial charge in [-0.15, -0.1) is 0 Å². The smallest absolute Gasteiger partial charge is 0.296 e. The van der Waals surface area contributed by atoms with Gasteiger partial charge >= 0.3 is 0 Å². The van der Waals surface area contributed by atoms with Crippen LogP contribution < -0.4 is 14.2 Å². The Morgan fingerprint density at radius 1 is 1.12 bits per heavy atom. The Morgan fingerprint density at radius 3 is 2.76 bits per heavy atom. The summed E-state index contributed by atoms with van der Waals surface area (Å²) in [5.74, 6) is -1.48. The summed E-state index contributed by atoms with van der Waals surface area (Å²) in [4.78, 5) is 10.2.